The van der Waals surface area contributed by atoms with Crippen molar-refractivity contribution in [2.24, 2.45) is 11.8 Å². The summed E-state index contributed by atoms with van der Waals surface area (Å²) in [5, 5.41) is 8.33. The number of nitrogens with zero attached hydrogens (tertiary/aromatic N) is 5. The van der Waals surface area contributed by atoms with Gasteiger partial charge in [-0.2, -0.15) is 5.10 Å². The summed E-state index contributed by atoms with van der Waals surface area (Å²) >= 11 is 0. The highest BCUT2D eigenvalue weighted by Crippen LogP contribution is 2.34. The molecule has 3 fully saturated rings. The minimum atomic E-state index is -0.433. The molecule has 5 heterocycles. The Bertz CT molecular complexity index is 1970. The van der Waals surface area contributed by atoms with Gasteiger partial charge in [0.25, 0.3) is 0 Å². The topological polar surface area (TPSA) is 118 Å². The maximum Gasteiger partial charge on any atom is 0.226 e. The van der Waals surface area contributed by atoms with Crippen molar-refractivity contribution < 1.29 is 14.4 Å². The first-order valence-electron chi connectivity index (χ1n) is 19.4. The second-order valence-electron chi connectivity index (χ2n) is 15.7. The van der Waals surface area contributed by atoms with Crippen molar-refractivity contribution in [1.29, 1.82) is 0 Å². The average Bonchev–Trinajstić information content (AvgIpc) is 3.83. The molecular formula is C42H51N7O3. The van der Waals surface area contributed by atoms with Crippen LogP contribution in [0.4, 0.5) is 0 Å². The van der Waals surface area contributed by atoms with E-state index >= 15 is 0 Å². The van der Waals surface area contributed by atoms with E-state index in [1.54, 1.807) is 0 Å². The number of amides is 2. The van der Waals surface area contributed by atoms with E-state index in [4.69, 9.17) is 0 Å². The van der Waals surface area contributed by atoms with Crippen molar-refractivity contribution in [3.05, 3.63) is 88.1 Å². The number of nitrogens with one attached hydrogen (secondary N) is 2. The Kier molecular flexibility index (Phi) is 9.83. The van der Waals surface area contributed by atoms with Crippen LogP contribution in [0, 0.1) is 25.7 Å². The highest BCUT2D eigenvalue weighted by atomic mass is 16.2. The van der Waals surface area contributed by atoms with E-state index in [-0.39, 0.29) is 29.9 Å². The molecule has 0 radical (unpaired) electrons. The molecule has 0 spiro atoms. The zero-order valence-electron chi connectivity index (χ0n) is 30.6. The van der Waals surface area contributed by atoms with Gasteiger partial charge in [-0.15, -0.1) is 0 Å². The molecular weight excluding hydrogens is 651 g/mol. The minimum Gasteiger partial charge on any atom is -0.348 e. The predicted octanol–water partition coefficient (Wildman–Crippen LogP) is 5.77. The summed E-state index contributed by atoms with van der Waals surface area (Å²) in [6.07, 6.45) is 12.6. The summed E-state index contributed by atoms with van der Waals surface area (Å²) < 4.78 is 0. The number of aromatic amines is 2. The van der Waals surface area contributed by atoms with Gasteiger partial charge < -0.3 is 19.7 Å². The zero-order valence-corrected chi connectivity index (χ0v) is 30.6. The van der Waals surface area contributed by atoms with E-state index in [1.807, 2.05) is 40.5 Å². The minimum absolute atomic E-state index is 0.0390. The van der Waals surface area contributed by atoms with Crippen molar-refractivity contribution in [2.45, 2.75) is 83.6 Å². The Morgan fingerprint density at radius 3 is 2.38 bits per heavy atom. The zero-order chi connectivity index (χ0) is 35.8. The van der Waals surface area contributed by atoms with Crippen molar-refractivity contribution in [1.82, 2.24) is 34.9 Å². The third-order valence-electron chi connectivity index (χ3n) is 12.5. The third kappa shape index (κ3) is 7.09. The van der Waals surface area contributed by atoms with Crippen molar-refractivity contribution >= 4 is 34.6 Å². The molecule has 2 aromatic heterocycles. The Labute approximate surface area is 306 Å². The number of ketones is 1. The Balaban J connectivity index is 0.911. The lowest BCUT2D eigenvalue weighted by Gasteiger charge is -2.42. The van der Waals surface area contributed by atoms with E-state index < -0.39 is 5.92 Å². The van der Waals surface area contributed by atoms with Gasteiger partial charge in [-0.1, -0.05) is 30.3 Å². The number of aryl methyl sites for hydroxylation is 2. The lowest BCUT2D eigenvalue weighted by atomic mass is 9.80. The number of rotatable bonds is 8. The van der Waals surface area contributed by atoms with Gasteiger partial charge in [-0.05, 0) is 118 Å². The fourth-order valence-electron chi connectivity index (χ4n) is 9.47. The maximum atomic E-state index is 14.4. The molecule has 10 heteroatoms. The van der Waals surface area contributed by atoms with Crippen LogP contribution in [0.5, 0.6) is 0 Å². The fourth-order valence-corrected chi connectivity index (χ4v) is 9.47. The maximum absolute atomic E-state index is 14.4. The molecule has 4 aliphatic rings. The highest BCUT2D eigenvalue weighted by molar-refractivity contribution is 6.04. The molecule has 0 unspecified atom stereocenters. The van der Waals surface area contributed by atoms with Crippen LogP contribution in [-0.4, -0.2) is 97.8 Å². The summed E-state index contributed by atoms with van der Waals surface area (Å²) in [5.41, 5.74) is 8.69. The second-order valence-corrected chi connectivity index (χ2v) is 15.7. The largest absolute Gasteiger partial charge is 0.348 e. The van der Waals surface area contributed by atoms with Crippen molar-refractivity contribution in [3.63, 3.8) is 0 Å². The molecule has 1 aliphatic carbocycles. The number of carbonyl (C=O) groups excluding carboxylic acids is 3. The number of hydrogen-bond donors (Lipinski definition) is 2. The van der Waals surface area contributed by atoms with Gasteiger partial charge in [0.1, 0.15) is 0 Å². The molecule has 4 aromatic rings. The van der Waals surface area contributed by atoms with Gasteiger partial charge in [-0.3, -0.25) is 19.5 Å². The molecule has 3 aliphatic heterocycles. The number of fused-ring (bicyclic) bond motifs is 2. The summed E-state index contributed by atoms with van der Waals surface area (Å²) in [6.45, 7) is 8.98. The number of allylic oxidation sites excluding steroid dienone is 1. The number of carbonyl (C=O) groups is 3. The second kappa shape index (κ2) is 14.8. The first-order chi connectivity index (χ1) is 25.3. The number of imidazole rings is 1. The standard InChI is InChI=1S/C42H51N7O3/c1-27-19-29(21-35-25-45-46-40(27)35)20-34(24-39(51)48-15-7-30(8-16-48)37-22-32-5-3-4-6-33(32)23-38(37)50)42(52)49-17-11-36(12-18-49)47-13-9-31(10-14-47)41-28(2)43-26-44-41/h3-6,19,21-22,25-26,30-31,34,36H,7-18,20,23-24H2,1-2H3,(H,43,44)(H,45,46)/t34-/m0/s1. The lowest BCUT2D eigenvalue weighted by molar-refractivity contribution is -0.143. The van der Waals surface area contributed by atoms with Gasteiger partial charge in [-0.25, -0.2) is 4.98 Å². The fraction of sp³-hybridized carbons (Fsp3) is 0.500. The molecule has 2 amide bonds. The number of Topliss-reactive ketones (excluding diaryl/α,β-unsaturated/α-hetero) is 1. The number of likely N-dealkylation sites (tertiary alicyclic amines) is 3. The molecule has 272 valence electrons. The normalized spacial score (nSPS) is 20.3. The summed E-state index contributed by atoms with van der Waals surface area (Å²) in [6, 6.07) is 12.8. The van der Waals surface area contributed by atoms with Crippen LogP contribution in [0.3, 0.4) is 0 Å². The molecule has 1 atom stereocenters. The molecule has 3 saturated heterocycles. The molecule has 2 aromatic carbocycles. The number of piperidine rings is 3. The van der Waals surface area contributed by atoms with Crippen molar-refractivity contribution in [3.8, 4) is 0 Å². The first kappa shape index (κ1) is 34.5. The smallest absolute Gasteiger partial charge is 0.226 e. The van der Waals surface area contributed by atoms with Gasteiger partial charge in [0.15, 0.2) is 5.78 Å². The molecule has 10 nitrogen and oxygen atoms in total. The number of H-pyrrole nitrogens is 2. The van der Waals surface area contributed by atoms with E-state index in [2.05, 4.69) is 63.2 Å². The Hall–Kier alpha value is -4.57. The Morgan fingerprint density at radius 2 is 1.63 bits per heavy atom. The molecule has 8 rings (SSSR count). The SMILES string of the molecule is Cc1[nH]cnc1C1CCN(C2CCN(C(=O)[C@H](CC(=O)N3CCC(C4=Cc5ccccc5CC4=O)CC3)Cc3cc(C)c4[nH]ncc4c3)CC2)CC1. The molecule has 52 heavy (non-hydrogen) atoms. The van der Waals surface area contributed by atoms with Crippen LogP contribution in [0.15, 0.2) is 54.5 Å². The van der Waals surface area contributed by atoms with E-state index in [1.165, 1.54) is 11.4 Å². The number of aromatic nitrogens is 4. The van der Waals surface area contributed by atoms with E-state index in [0.717, 1.165) is 103 Å². The monoisotopic (exact) mass is 701 g/mol. The molecule has 0 saturated carbocycles. The van der Waals surface area contributed by atoms with Crippen LogP contribution in [0.1, 0.15) is 84.5 Å². The van der Waals surface area contributed by atoms with Gasteiger partial charge in [0, 0.05) is 62.1 Å². The van der Waals surface area contributed by atoms with Gasteiger partial charge >= 0.3 is 0 Å². The number of hydrogen-bond acceptors (Lipinski definition) is 6. The van der Waals surface area contributed by atoms with Gasteiger partial charge in [0.05, 0.1) is 29.7 Å². The summed E-state index contributed by atoms with van der Waals surface area (Å²) in [4.78, 5) is 55.8. The van der Waals surface area contributed by atoms with Gasteiger partial charge in [0.2, 0.25) is 11.8 Å². The summed E-state index contributed by atoms with van der Waals surface area (Å²) in [5.74, 6) is 0.581. The third-order valence-corrected chi connectivity index (χ3v) is 12.5. The first-order valence-corrected chi connectivity index (χ1v) is 19.4. The Morgan fingerprint density at radius 1 is 0.904 bits per heavy atom. The quantitative estimate of drug-likeness (QED) is 0.241. The van der Waals surface area contributed by atoms with Crippen LogP contribution in [-0.2, 0) is 27.2 Å². The molecule has 0 bridgehead atoms. The predicted molar refractivity (Wildman–Crippen MR) is 202 cm³/mol. The van der Waals surface area contributed by atoms with Crippen LogP contribution < -0.4 is 0 Å². The van der Waals surface area contributed by atoms with Crippen LogP contribution in [0.25, 0.3) is 17.0 Å². The molecule has 2 N–H and O–H groups in total. The average molecular weight is 702 g/mol. The number of benzene rings is 2. The van der Waals surface area contributed by atoms with Crippen LogP contribution >= 0.6 is 0 Å². The summed E-state index contributed by atoms with van der Waals surface area (Å²) in [7, 11) is 0. The van der Waals surface area contributed by atoms with Crippen molar-refractivity contribution in [2.75, 3.05) is 39.3 Å². The van der Waals surface area contributed by atoms with E-state index in [9.17, 15) is 14.4 Å². The van der Waals surface area contributed by atoms with Crippen LogP contribution in [0.2, 0.25) is 0 Å². The lowest BCUT2D eigenvalue weighted by Crippen LogP contribution is -2.50. The highest BCUT2D eigenvalue weighted by Gasteiger charge is 2.36. The van der Waals surface area contributed by atoms with E-state index in [0.29, 0.717) is 37.9 Å².